The molecule has 8 heteroatoms. The Bertz CT molecular complexity index is 1150. The minimum absolute atomic E-state index is 0. The van der Waals surface area contributed by atoms with Crippen LogP contribution in [0.1, 0.15) is 6.92 Å². The molecule has 0 aliphatic rings. The second-order valence-electron chi connectivity index (χ2n) is 5.68. The Labute approximate surface area is 164 Å². The molecule has 0 saturated heterocycles. The number of fused-ring (bicyclic) bond motifs is 1. The van der Waals surface area contributed by atoms with Crippen molar-refractivity contribution in [1.82, 2.24) is 14.5 Å². The highest BCUT2D eigenvalue weighted by molar-refractivity contribution is 7.17. The third kappa shape index (κ3) is 3.60. The molecule has 0 unspecified atom stereocenters. The van der Waals surface area contributed by atoms with Gasteiger partial charge in [0.2, 0.25) is 5.91 Å². The van der Waals surface area contributed by atoms with Crippen LogP contribution in [0.4, 0.5) is 5.69 Å². The van der Waals surface area contributed by atoms with Crippen LogP contribution in [0.3, 0.4) is 0 Å². The van der Waals surface area contributed by atoms with E-state index in [2.05, 4.69) is 10.3 Å². The van der Waals surface area contributed by atoms with E-state index in [0.717, 1.165) is 5.56 Å². The van der Waals surface area contributed by atoms with Gasteiger partial charge in [-0.15, -0.1) is 23.7 Å². The summed E-state index contributed by atoms with van der Waals surface area (Å²) in [6.07, 6.45) is 3.30. The van der Waals surface area contributed by atoms with Crippen molar-refractivity contribution in [3.05, 3.63) is 70.6 Å². The predicted molar refractivity (Wildman–Crippen MR) is 110 cm³/mol. The van der Waals surface area contributed by atoms with Crippen LogP contribution in [0.15, 0.2) is 65.0 Å². The number of nitrogens with zero attached hydrogens (tertiary/aromatic N) is 3. The van der Waals surface area contributed by atoms with Gasteiger partial charge in [0.25, 0.3) is 5.56 Å². The van der Waals surface area contributed by atoms with E-state index in [1.807, 2.05) is 29.6 Å². The maximum Gasteiger partial charge on any atom is 0.276 e. The van der Waals surface area contributed by atoms with Gasteiger partial charge in [0, 0.05) is 24.4 Å². The van der Waals surface area contributed by atoms with Crippen LogP contribution in [0.2, 0.25) is 0 Å². The van der Waals surface area contributed by atoms with Crippen LogP contribution in [0.5, 0.6) is 0 Å². The lowest BCUT2D eigenvalue weighted by Crippen LogP contribution is -2.21. The molecule has 0 saturated carbocycles. The van der Waals surface area contributed by atoms with Crippen molar-refractivity contribution >= 4 is 45.6 Å². The number of benzene rings is 1. The van der Waals surface area contributed by atoms with Gasteiger partial charge in [-0.25, -0.2) is 4.98 Å². The fourth-order valence-electron chi connectivity index (χ4n) is 2.74. The summed E-state index contributed by atoms with van der Waals surface area (Å²) < 4.78 is 2.17. The number of halogens is 1. The van der Waals surface area contributed by atoms with E-state index in [-0.39, 0.29) is 23.9 Å². The summed E-state index contributed by atoms with van der Waals surface area (Å²) in [4.78, 5) is 33.1. The van der Waals surface area contributed by atoms with Gasteiger partial charge in [-0.05, 0) is 47.8 Å². The summed E-state index contributed by atoms with van der Waals surface area (Å²) in [5, 5.41) is 4.59. The molecule has 0 aliphatic carbocycles. The number of pyridine rings is 1. The molecule has 136 valence electrons. The van der Waals surface area contributed by atoms with E-state index < -0.39 is 0 Å². The monoisotopic (exact) mass is 398 g/mol. The zero-order chi connectivity index (χ0) is 18.1. The number of carbonyl (C=O) groups is 1. The Morgan fingerprint density at radius 2 is 1.93 bits per heavy atom. The van der Waals surface area contributed by atoms with E-state index in [9.17, 15) is 9.59 Å². The number of amides is 1. The number of aromatic nitrogens is 3. The van der Waals surface area contributed by atoms with Crippen LogP contribution in [-0.2, 0) is 4.79 Å². The number of carbonyl (C=O) groups excluding carboxylic acids is 1. The third-order valence-electron chi connectivity index (χ3n) is 3.85. The number of rotatable bonds is 3. The van der Waals surface area contributed by atoms with Gasteiger partial charge < -0.3 is 5.32 Å². The van der Waals surface area contributed by atoms with Crippen LogP contribution in [0.25, 0.3) is 27.3 Å². The van der Waals surface area contributed by atoms with Crippen LogP contribution < -0.4 is 10.9 Å². The second kappa shape index (κ2) is 7.69. The zero-order valence-corrected chi connectivity index (χ0v) is 15.9. The van der Waals surface area contributed by atoms with Gasteiger partial charge in [-0.2, -0.15) is 0 Å². The van der Waals surface area contributed by atoms with E-state index in [1.165, 1.54) is 18.3 Å². The highest BCUT2D eigenvalue weighted by Crippen LogP contribution is 2.25. The van der Waals surface area contributed by atoms with Crippen LogP contribution >= 0.6 is 23.7 Å². The summed E-state index contributed by atoms with van der Waals surface area (Å²) >= 11 is 1.37. The van der Waals surface area contributed by atoms with Crippen molar-refractivity contribution in [2.45, 2.75) is 6.92 Å². The molecule has 1 aromatic carbocycles. The SMILES string of the molecule is CC(=O)Nc1ccc(-c2nc3ccsc3c(=O)n2-c2cccnc2)cc1.Cl. The molecule has 0 radical (unpaired) electrons. The van der Waals surface area contributed by atoms with Crippen LogP contribution in [-0.4, -0.2) is 20.4 Å². The predicted octanol–water partition coefficient (Wildman–Crippen LogP) is 3.89. The van der Waals surface area contributed by atoms with E-state index in [0.29, 0.717) is 27.4 Å². The van der Waals surface area contributed by atoms with Gasteiger partial charge in [0.15, 0.2) is 0 Å². The first-order valence-corrected chi connectivity index (χ1v) is 8.80. The molecule has 6 nitrogen and oxygen atoms in total. The molecule has 3 heterocycles. The third-order valence-corrected chi connectivity index (χ3v) is 4.74. The highest BCUT2D eigenvalue weighted by Gasteiger charge is 2.15. The summed E-state index contributed by atoms with van der Waals surface area (Å²) in [6, 6.07) is 12.7. The standard InChI is InChI=1S/C19H14N4O2S.ClH/c1-12(24)21-14-6-4-13(5-7-14)18-22-16-8-10-26-17(16)19(25)23(18)15-3-2-9-20-11-15;/h2-11H,1H3,(H,21,24);1H. The van der Waals surface area contributed by atoms with E-state index in [1.54, 1.807) is 35.2 Å². The summed E-state index contributed by atoms with van der Waals surface area (Å²) in [5.41, 5.74) is 2.66. The van der Waals surface area contributed by atoms with Crippen LogP contribution in [0, 0.1) is 0 Å². The molecule has 0 atom stereocenters. The summed E-state index contributed by atoms with van der Waals surface area (Å²) in [7, 11) is 0. The average Bonchev–Trinajstić information content (AvgIpc) is 3.11. The number of hydrogen-bond donors (Lipinski definition) is 1. The maximum absolute atomic E-state index is 13.0. The molecule has 0 aliphatic heterocycles. The Kier molecular flexibility index (Phi) is 5.34. The molecule has 4 rings (SSSR count). The van der Waals surface area contributed by atoms with Crippen molar-refractivity contribution in [3.8, 4) is 17.1 Å². The maximum atomic E-state index is 13.0. The first-order valence-electron chi connectivity index (χ1n) is 7.92. The summed E-state index contributed by atoms with van der Waals surface area (Å²) in [6.45, 7) is 1.46. The topological polar surface area (TPSA) is 76.9 Å². The molecule has 1 N–H and O–H groups in total. The minimum Gasteiger partial charge on any atom is -0.326 e. The van der Waals surface area contributed by atoms with Gasteiger partial charge in [0.1, 0.15) is 10.5 Å². The molecule has 0 spiro atoms. The highest BCUT2D eigenvalue weighted by atomic mass is 35.5. The van der Waals surface area contributed by atoms with E-state index in [4.69, 9.17) is 4.98 Å². The number of thiophene rings is 1. The number of anilines is 1. The number of nitrogens with one attached hydrogen (secondary N) is 1. The lowest BCUT2D eigenvalue weighted by Gasteiger charge is -2.13. The molecule has 1 amide bonds. The normalized spacial score (nSPS) is 10.4. The Morgan fingerprint density at radius 3 is 2.59 bits per heavy atom. The lowest BCUT2D eigenvalue weighted by molar-refractivity contribution is -0.114. The zero-order valence-electron chi connectivity index (χ0n) is 14.2. The summed E-state index contributed by atoms with van der Waals surface area (Å²) in [5.74, 6) is 0.395. The fraction of sp³-hybridized carbons (Fsp3) is 0.0526. The average molecular weight is 399 g/mol. The Hall–Kier alpha value is -3.03. The molecule has 4 aromatic rings. The largest absolute Gasteiger partial charge is 0.326 e. The van der Waals surface area contributed by atoms with Gasteiger partial charge in [-0.1, -0.05) is 0 Å². The van der Waals surface area contributed by atoms with Crippen molar-refractivity contribution in [2.24, 2.45) is 0 Å². The van der Waals surface area contributed by atoms with Gasteiger partial charge in [-0.3, -0.25) is 19.1 Å². The second-order valence-corrected chi connectivity index (χ2v) is 6.60. The minimum atomic E-state index is -0.136. The fourth-order valence-corrected chi connectivity index (χ4v) is 3.50. The molecule has 0 bridgehead atoms. The Balaban J connectivity index is 0.00000210. The van der Waals surface area contributed by atoms with Crippen molar-refractivity contribution in [3.63, 3.8) is 0 Å². The lowest BCUT2D eigenvalue weighted by atomic mass is 10.1. The molecule has 3 aromatic heterocycles. The molecular formula is C19H15ClN4O2S. The first kappa shape index (κ1) is 18.8. The van der Waals surface area contributed by atoms with Gasteiger partial charge in [0.05, 0.1) is 17.4 Å². The first-order chi connectivity index (χ1) is 12.6. The van der Waals surface area contributed by atoms with Crippen molar-refractivity contribution in [1.29, 1.82) is 0 Å². The molecule has 27 heavy (non-hydrogen) atoms. The van der Waals surface area contributed by atoms with E-state index >= 15 is 0 Å². The smallest absolute Gasteiger partial charge is 0.276 e. The molecular weight excluding hydrogens is 384 g/mol. The van der Waals surface area contributed by atoms with Crippen molar-refractivity contribution < 1.29 is 4.79 Å². The number of hydrogen-bond acceptors (Lipinski definition) is 5. The quantitative estimate of drug-likeness (QED) is 0.568. The van der Waals surface area contributed by atoms with Crippen molar-refractivity contribution in [2.75, 3.05) is 5.32 Å². The molecule has 0 fully saturated rings. The van der Waals surface area contributed by atoms with Gasteiger partial charge >= 0.3 is 0 Å². The Morgan fingerprint density at radius 1 is 1.15 bits per heavy atom.